The van der Waals surface area contributed by atoms with E-state index in [1.54, 1.807) is 9.20 Å². The van der Waals surface area contributed by atoms with Gasteiger partial charge in [0, 0.05) is 19.4 Å². The van der Waals surface area contributed by atoms with E-state index in [1.807, 2.05) is 98.4 Å². The molecule has 0 aliphatic carbocycles. The quantitative estimate of drug-likeness (QED) is 0.390. The first-order chi connectivity index (χ1) is 14.6. The number of pyridine rings is 2. The molecule has 0 fully saturated rings. The standard InChI is InChI=1S/3C7H7N3/c1-10-7-5-3-2-4-6(7)8-9-10;1-6-8-9-7-4-2-3-5-10(6)7;1-6-7-4-2-3-5-10(7)9-8-6/h3*2-5H,1H3. The van der Waals surface area contributed by atoms with Gasteiger partial charge in [0.05, 0.1) is 16.7 Å². The van der Waals surface area contributed by atoms with Crippen molar-refractivity contribution in [3.05, 3.63) is 84.6 Å². The van der Waals surface area contributed by atoms with Crippen molar-refractivity contribution in [1.29, 1.82) is 0 Å². The minimum Gasteiger partial charge on any atom is -0.287 e. The van der Waals surface area contributed by atoms with Crippen LogP contribution in [0.4, 0.5) is 0 Å². The number of hydrogen-bond acceptors (Lipinski definition) is 6. The molecule has 150 valence electrons. The summed E-state index contributed by atoms with van der Waals surface area (Å²) in [6, 6.07) is 19.6. The van der Waals surface area contributed by atoms with Gasteiger partial charge in [-0.2, -0.15) is 0 Å². The highest BCUT2D eigenvalue weighted by Gasteiger charge is 1.97. The molecule has 6 aromatic rings. The number of nitrogens with zero attached hydrogens (tertiary/aromatic N) is 9. The van der Waals surface area contributed by atoms with E-state index in [1.165, 1.54) is 0 Å². The first-order valence-electron chi connectivity index (χ1n) is 9.41. The zero-order valence-electron chi connectivity index (χ0n) is 17.0. The summed E-state index contributed by atoms with van der Waals surface area (Å²) in [4.78, 5) is 0. The van der Waals surface area contributed by atoms with Crippen LogP contribution in [-0.2, 0) is 7.05 Å². The van der Waals surface area contributed by atoms with Crippen LogP contribution < -0.4 is 0 Å². The number of hydrogen-bond donors (Lipinski definition) is 0. The Morgan fingerprint density at radius 1 is 0.667 bits per heavy atom. The summed E-state index contributed by atoms with van der Waals surface area (Å²) in [7, 11) is 1.88. The second-order valence-electron chi connectivity index (χ2n) is 6.58. The maximum Gasteiger partial charge on any atom is 0.160 e. The first kappa shape index (κ1) is 19.2. The molecule has 9 heteroatoms. The summed E-state index contributed by atoms with van der Waals surface area (Å²) < 4.78 is 5.46. The molecule has 0 unspecified atom stereocenters. The molecule has 0 amide bonds. The van der Waals surface area contributed by atoms with E-state index in [0.717, 1.165) is 33.7 Å². The zero-order chi connectivity index (χ0) is 20.9. The third-order valence-electron chi connectivity index (χ3n) is 4.50. The van der Waals surface area contributed by atoms with Crippen LogP contribution in [0.5, 0.6) is 0 Å². The first-order valence-corrected chi connectivity index (χ1v) is 9.41. The van der Waals surface area contributed by atoms with Gasteiger partial charge in [-0.3, -0.25) is 4.40 Å². The van der Waals surface area contributed by atoms with Crippen LogP contribution in [0.2, 0.25) is 0 Å². The molecular formula is C21H21N9. The Morgan fingerprint density at radius 3 is 2.20 bits per heavy atom. The van der Waals surface area contributed by atoms with Crippen molar-refractivity contribution in [2.24, 2.45) is 7.05 Å². The predicted octanol–water partition coefficient (Wildman–Crippen LogP) is 3.04. The molecule has 0 bridgehead atoms. The fraction of sp³-hybridized carbons (Fsp3) is 0.143. The largest absolute Gasteiger partial charge is 0.287 e. The average molecular weight is 399 g/mol. The zero-order valence-corrected chi connectivity index (χ0v) is 17.0. The normalized spacial score (nSPS) is 10.5. The highest BCUT2D eigenvalue weighted by Crippen LogP contribution is 2.07. The summed E-state index contributed by atoms with van der Waals surface area (Å²) in [6.45, 7) is 3.88. The smallest absolute Gasteiger partial charge is 0.160 e. The van der Waals surface area contributed by atoms with Crippen LogP contribution in [0.1, 0.15) is 11.5 Å². The lowest BCUT2D eigenvalue weighted by Gasteiger charge is -1.89. The maximum absolute atomic E-state index is 3.93. The molecule has 0 saturated heterocycles. The second kappa shape index (κ2) is 8.48. The fourth-order valence-electron chi connectivity index (χ4n) is 2.91. The van der Waals surface area contributed by atoms with Gasteiger partial charge in [-0.15, -0.1) is 20.4 Å². The lowest BCUT2D eigenvalue weighted by molar-refractivity contribution is 0.736. The van der Waals surface area contributed by atoms with E-state index in [-0.39, 0.29) is 0 Å². The van der Waals surface area contributed by atoms with Gasteiger partial charge in [0.1, 0.15) is 11.3 Å². The molecule has 5 aromatic heterocycles. The SMILES string of the molecule is Cc1nnc2ccccn12.Cc1nnn2ccccc12.Cn1nnc2ccccc21. The van der Waals surface area contributed by atoms with Crippen LogP contribution in [0, 0.1) is 13.8 Å². The molecule has 0 radical (unpaired) electrons. The van der Waals surface area contributed by atoms with Gasteiger partial charge in [-0.25, -0.2) is 9.20 Å². The Hall–Kier alpha value is -4.14. The van der Waals surface area contributed by atoms with E-state index in [4.69, 9.17) is 0 Å². The second-order valence-corrected chi connectivity index (χ2v) is 6.58. The highest BCUT2D eigenvalue weighted by molar-refractivity contribution is 5.73. The number of aromatic nitrogens is 9. The van der Waals surface area contributed by atoms with Crippen LogP contribution in [0.15, 0.2) is 73.1 Å². The molecule has 30 heavy (non-hydrogen) atoms. The number of rotatable bonds is 0. The van der Waals surface area contributed by atoms with Gasteiger partial charge in [0.25, 0.3) is 0 Å². The van der Waals surface area contributed by atoms with Crippen LogP contribution in [0.3, 0.4) is 0 Å². The molecule has 9 nitrogen and oxygen atoms in total. The van der Waals surface area contributed by atoms with Crippen molar-refractivity contribution in [2.75, 3.05) is 0 Å². The predicted molar refractivity (Wildman–Crippen MR) is 114 cm³/mol. The monoisotopic (exact) mass is 399 g/mol. The van der Waals surface area contributed by atoms with Crippen molar-refractivity contribution in [3.8, 4) is 0 Å². The molecule has 0 aliphatic heterocycles. The van der Waals surface area contributed by atoms with Crippen LogP contribution in [0.25, 0.3) is 22.2 Å². The lowest BCUT2D eigenvalue weighted by Crippen LogP contribution is -1.88. The van der Waals surface area contributed by atoms with Crippen LogP contribution >= 0.6 is 0 Å². The maximum atomic E-state index is 3.93. The minimum absolute atomic E-state index is 0.903. The van der Waals surface area contributed by atoms with Crippen molar-refractivity contribution in [2.45, 2.75) is 13.8 Å². The van der Waals surface area contributed by atoms with Gasteiger partial charge >= 0.3 is 0 Å². The Bertz CT molecular complexity index is 1220. The van der Waals surface area contributed by atoms with Crippen LogP contribution in [-0.4, -0.2) is 44.4 Å². The molecule has 1 aromatic carbocycles. The molecule has 6 rings (SSSR count). The Kier molecular flexibility index (Phi) is 5.42. The van der Waals surface area contributed by atoms with Crippen molar-refractivity contribution in [1.82, 2.24) is 44.4 Å². The Labute approximate surface area is 172 Å². The number of fused-ring (bicyclic) bond motifs is 3. The highest BCUT2D eigenvalue weighted by atomic mass is 15.4. The molecule has 0 spiro atoms. The fourth-order valence-corrected chi connectivity index (χ4v) is 2.91. The number of para-hydroxylation sites is 1. The van der Waals surface area contributed by atoms with Gasteiger partial charge in [0.15, 0.2) is 5.65 Å². The number of aryl methyl sites for hydroxylation is 3. The molecular weight excluding hydrogens is 378 g/mol. The third kappa shape index (κ3) is 4.00. The van der Waals surface area contributed by atoms with Crippen molar-refractivity contribution >= 4 is 22.2 Å². The van der Waals surface area contributed by atoms with Crippen molar-refractivity contribution in [3.63, 3.8) is 0 Å². The summed E-state index contributed by atoms with van der Waals surface area (Å²) in [5.41, 5.74) is 4.97. The van der Waals surface area contributed by atoms with Gasteiger partial charge in [-0.05, 0) is 50.2 Å². The summed E-state index contributed by atoms with van der Waals surface area (Å²) in [6.07, 6.45) is 3.83. The topological polar surface area (TPSA) is 91.1 Å². The van der Waals surface area contributed by atoms with E-state index in [0.29, 0.717) is 0 Å². The Morgan fingerprint density at radius 2 is 1.40 bits per heavy atom. The molecule has 0 atom stereocenters. The lowest BCUT2D eigenvalue weighted by atomic mass is 10.3. The number of benzene rings is 1. The van der Waals surface area contributed by atoms with E-state index < -0.39 is 0 Å². The van der Waals surface area contributed by atoms with Gasteiger partial charge < -0.3 is 0 Å². The van der Waals surface area contributed by atoms with Crippen molar-refractivity contribution < 1.29 is 0 Å². The summed E-state index contributed by atoms with van der Waals surface area (Å²) in [5.74, 6) is 0.926. The average Bonchev–Trinajstić information content (AvgIpc) is 3.48. The summed E-state index contributed by atoms with van der Waals surface area (Å²) >= 11 is 0. The van der Waals surface area contributed by atoms with E-state index in [9.17, 15) is 0 Å². The summed E-state index contributed by atoms with van der Waals surface area (Å²) in [5, 5.41) is 23.4. The van der Waals surface area contributed by atoms with E-state index >= 15 is 0 Å². The molecule has 0 N–H and O–H groups in total. The van der Waals surface area contributed by atoms with E-state index in [2.05, 4.69) is 30.8 Å². The van der Waals surface area contributed by atoms with Gasteiger partial charge in [0.2, 0.25) is 0 Å². The molecule has 5 heterocycles. The molecule has 0 saturated carbocycles. The Balaban J connectivity index is 0.000000109. The molecule has 0 aliphatic rings. The minimum atomic E-state index is 0.903. The third-order valence-corrected chi connectivity index (χ3v) is 4.50. The van der Waals surface area contributed by atoms with Gasteiger partial charge in [-0.1, -0.05) is 34.7 Å².